The summed E-state index contributed by atoms with van der Waals surface area (Å²) >= 11 is 0. The molecule has 0 amide bonds. The molecule has 0 saturated heterocycles. The van der Waals surface area contributed by atoms with Crippen LogP contribution in [0.5, 0.6) is 0 Å². The van der Waals surface area contributed by atoms with E-state index in [-0.39, 0.29) is 16.7 Å². The molecule has 0 aliphatic carbocycles. The molecular weight excluding hydrogens is 254 g/mol. The lowest BCUT2D eigenvalue weighted by Crippen LogP contribution is -2.23. The molecule has 0 aliphatic heterocycles. The van der Waals surface area contributed by atoms with Gasteiger partial charge in [0.25, 0.3) is 5.69 Å². The first-order valence-corrected chi connectivity index (χ1v) is 6.39. The highest BCUT2D eigenvalue weighted by Crippen LogP contribution is 2.32. The van der Waals surface area contributed by atoms with Crippen LogP contribution in [0.4, 0.5) is 11.4 Å². The molecule has 0 fully saturated rings. The van der Waals surface area contributed by atoms with Gasteiger partial charge >= 0.3 is 0 Å². The second-order valence-electron chi connectivity index (χ2n) is 4.79. The quantitative estimate of drug-likeness (QED) is 0.631. The van der Waals surface area contributed by atoms with Crippen molar-refractivity contribution in [1.29, 1.82) is 0 Å². The highest BCUT2D eigenvalue weighted by atomic mass is 16.6. The monoisotopic (exact) mass is 271 g/mol. The molecule has 1 unspecified atom stereocenters. The average molecular weight is 271 g/mol. The highest BCUT2D eigenvalue weighted by Gasteiger charge is 2.21. The van der Waals surface area contributed by atoms with Crippen molar-refractivity contribution in [2.45, 2.75) is 19.9 Å². The molecule has 0 saturated carbocycles. The van der Waals surface area contributed by atoms with E-state index < -0.39 is 0 Å². The van der Waals surface area contributed by atoms with Gasteiger partial charge in [-0.3, -0.25) is 15.1 Å². The van der Waals surface area contributed by atoms with E-state index in [2.05, 4.69) is 4.98 Å². The molecule has 0 spiro atoms. The van der Waals surface area contributed by atoms with Crippen LogP contribution in [0.1, 0.15) is 24.2 Å². The number of rotatable bonds is 4. The lowest BCUT2D eigenvalue weighted by atomic mass is 10.1. The predicted octanol–water partition coefficient (Wildman–Crippen LogP) is 3.50. The molecule has 1 aromatic heterocycles. The van der Waals surface area contributed by atoms with Crippen LogP contribution in [-0.2, 0) is 0 Å². The number of hydrogen-bond donors (Lipinski definition) is 0. The third-order valence-electron chi connectivity index (χ3n) is 3.40. The molecule has 0 radical (unpaired) electrons. The summed E-state index contributed by atoms with van der Waals surface area (Å²) < 4.78 is 0. The molecule has 0 bridgehead atoms. The van der Waals surface area contributed by atoms with Gasteiger partial charge in [0.05, 0.1) is 16.7 Å². The Morgan fingerprint density at radius 3 is 2.65 bits per heavy atom. The maximum Gasteiger partial charge on any atom is 0.292 e. The Labute approximate surface area is 118 Å². The SMILES string of the molecule is Cc1ccc(N(C)C(C)c2ccccn2)c([N+](=O)[O-])c1. The van der Waals surface area contributed by atoms with Crippen LogP contribution >= 0.6 is 0 Å². The Morgan fingerprint density at radius 2 is 2.05 bits per heavy atom. The van der Waals surface area contributed by atoms with Gasteiger partial charge in [-0.05, 0) is 37.6 Å². The summed E-state index contributed by atoms with van der Waals surface area (Å²) in [5, 5.41) is 11.2. The normalized spacial score (nSPS) is 11.9. The standard InChI is InChI=1S/C15H17N3O2/c1-11-7-8-14(15(10-11)18(19)20)17(3)12(2)13-6-4-5-9-16-13/h4-10,12H,1-3H3. The fourth-order valence-corrected chi connectivity index (χ4v) is 2.11. The first-order valence-electron chi connectivity index (χ1n) is 6.39. The summed E-state index contributed by atoms with van der Waals surface area (Å²) in [6, 6.07) is 10.9. The molecule has 0 aliphatic rings. The van der Waals surface area contributed by atoms with Gasteiger partial charge in [-0.15, -0.1) is 0 Å². The van der Waals surface area contributed by atoms with Gasteiger partial charge in [-0.2, -0.15) is 0 Å². The largest absolute Gasteiger partial charge is 0.361 e. The number of aryl methyl sites for hydroxylation is 1. The Bertz CT molecular complexity index is 614. The van der Waals surface area contributed by atoms with E-state index in [0.29, 0.717) is 5.69 Å². The number of nitro benzene ring substituents is 1. The first-order chi connectivity index (χ1) is 9.50. The van der Waals surface area contributed by atoms with Crippen molar-refractivity contribution in [3.8, 4) is 0 Å². The van der Waals surface area contributed by atoms with Gasteiger partial charge in [0.1, 0.15) is 5.69 Å². The number of nitro groups is 1. The van der Waals surface area contributed by atoms with Crippen molar-refractivity contribution in [2.75, 3.05) is 11.9 Å². The summed E-state index contributed by atoms with van der Waals surface area (Å²) in [6.07, 6.45) is 1.73. The van der Waals surface area contributed by atoms with Crippen molar-refractivity contribution in [1.82, 2.24) is 4.98 Å². The van der Waals surface area contributed by atoms with Gasteiger partial charge in [0, 0.05) is 19.3 Å². The molecular formula is C15H17N3O2. The molecule has 2 rings (SSSR count). The fourth-order valence-electron chi connectivity index (χ4n) is 2.11. The zero-order valence-electron chi connectivity index (χ0n) is 11.8. The minimum atomic E-state index is -0.343. The summed E-state index contributed by atoms with van der Waals surface area (Å²) in [6.45, 7) is 3.82. The lowest BCUT2D eigenvalue weighted by molar-refractivity contribution is -0.384. The minimum absolute atomic E-state index is 0.0439. The third-order valence-corrected chi connectivity index (χ3v) is 3.40. The Morgan fingerprint density at radius 1 is 1.30 bits per heavy atom. The molecule has 0 N–H and O–H groups in total. The van der Waals surface area contributed by atoms with Crippen LogP contribution < -0.4 is 4.90 Å². The number of benzene rings is 1. The van der Waals surface area contributed by atoms with Crippen molar-refractivity contribution >= 4 is 11.4 Å². The molecule has 2 aromatic rings. The Hall–Kier alpha value is -2.43. The van der Waals surface area contributed by atoms with E-state index in [1.165, 1.54) is 0 Å². The van der Waals surface area contributed by atoms with Gasteiger partial charge in [0.15, 0.2) is 0 Å². The van der Waals surface area contributed by atoms with E-state index in [9.17, 15) is 10.1 Å². The number of nitrogens with zero attached hydrogens (tertiary/aromatic N) is 3. The number of pyridine rings is 1. The van der Waals surface area contributed by atoms with E-state index >= 15 is 0 Å². The topological polar surface area (TPSA) is 59.3 Å². The molecule has 104 valence electrons. The van der Waals surface area contributed by atoms with Crippen molar-refractivity contribution in [2.24, 2.45) is 0 Å². The number of anilines is 1. The van der Waals surface area contributed by atoms with Crippen LogP contribution in [-0.4, -0.2) is 17.0 Å². The maximum atomic E-state index is 11.2. The minimum Gasteiger partial charge on any atom is -0.361 e. The fraction of sp³-hybridized carbons (Fsp3) is 0.267. The van der Waals surface area contributed by atoms with Gasteiger partial charge in [0.2, 0.25) is 0 Å². The van der Waals surface area contributed by atoms with Gasteiger partial charge in [-0.1, -0.05) is 12.1 Å². The molecule has 1 aromatic carbocycles. The van der Waals surface area contributed by atoms with Crippen molar-refractivity contribution in [3.63, 3.8) is 0 Å². The summed E-state index contributed by atoms with van der Waals surface area (Å²) in [5.74, 6) is 0. The molecule has 20 heavy (non-hydrogen) atoms. The first kappa shape index (κ1) is 14.0. The molecule has 1 heterocycles. The Balaban J connectivity index is 2.38. The van der Waals surface area contributed by atoms with Crippen LogP contribution in [0, 0.1) is 17.0 Å². The van der Waals surface area contributed by atoms with Crippen LogP contribution in [0.25, 0.3) is 0 Å². The summed E-state index contributed by atoms with van der Waals surface area (Å²) in [7, 11) is 1.84. The zero-order chi connectivity index (χ0) is 14.7. The van der Waals surface area contributed by atoms with E-state index in [4.69, 9.17) is 0 Å². The zero-order valence-corrected chi connectivity index (χ0v) is 11.8. The van der Waals surface area contributed by atoms with Crippen LogP contribution in [0.15, 0.2) is 42.6 Å². The highest BCUT2D eigenvalue weighted by molar-refractivity contribution is 5.64. The van der Waals surface area contributed by atoms with Crippen molar-refractivity contribution < 1.29 is 4.92 Å². The van der Waals surface area contributed by atoms with Gasteiger partial charge < -0.3 is 4.90 Å². The predicted molar refractivity (Wildman–Crippen MR) is 78.9 cm³/mol. The second kappa shape index (κ2) is 5.69. The van der Waals surface area contributed by atoms with Crippen LogP contribution in [0.2, 0.25) is 0 Å². The number of hydrogen-bond acceptors (Lipinski definition) is 4. The van der Waals surface area contributed by atoms with Gasteiger partial charge in [-0.25, -0.2) is 0 Å². The second-order valence-corrected chi connectivity index (χ2v) is 4.79. The van der Waals surface area contributed by atoms with Crippen LogP contribution in [0.3, 0.4) is 0 Å². The molecule has 5 heteroatoms. The summed E-state index contributed by atoms with van der Waals surface area (Å²) in [4.78, 5) is 17.0. The average Bonchev–Trinajstić information content (AvgIpc) is 2.46. The maximum absolute atomic E-state index is 11.2. The molecule has 1 atom stereocenters. The Kier molecular flexibility index (Phi) is 3.98. The van der Waals surface area contributed by atoms with E-state index in [1.807, 2.05) is 50.1 Å². The molecule has 5 nitrogen and oxygen atoms in total. The smallest absolute Gasteiger partial charge is 0.292 e. The number of aromatic nitrogens is 1. The van der Waals surface area contributed by atoms with E-state index in [0.717, 1.165) is 11.3 Å². The van der Waals surface area contributed by atoms with E-state index in [1.54, 1.807) is 18.3 Å². The van der Waals surface area contributed by atoms with Crippen molar-refractivity contribution in [3.05, 3.63) is 64.0 Å². The summed E-state index contributed by atoms with van der Waals surface area (Å²) in [5.41, 5.74) is 2.47. The third kappa shape index (κ3) is 2.77. The lowest BCUT2D eigenvalue weighted by Gasteiger charge is -2.26.